The van der Waals surface area contributed by atoms with E-state index in [0.29, 0.717) is 5.56 Å². The maximum atomic E-state index is 12.6. The lowest BCUT2D eigenvalue weighted by molar-refractivity contribution is 0.199. The van der Waals surface area contributed by atoms with Crippen molar-refractivity contribution in [2.45, 2.75) is 13.0 Å². The van der Waals surface area contributed by atoms with Gasteiger partial charge in [0.05, 0.1) is 17.7 Å². The number of hydrogen-bond donors (Lipinski definition) is 1. The summed E-state index contributed by atoms with van der Waals surface area (Å²) in [5.74, 6) is -0.462. The quantitative estimate of drug-likeness (QED) is 0.688. The number of aliphatic hydroxyl groups excluding tert-OH is 1. The van der Waals surface area contributed by atoms with Crippen molar-refractivity contribution in [3.8, 4) is 6.07 Å². The largest absolute Gasteiger partial charge is 0.389 e. The van der Waals surface area contributed by atoms with Crippen LogP contribution in [-0.2, 0) is 0 Å². The topological polar surface area (TPSA) is 44.0 Å². The normalized spacial score (nSPS) is 12.2. The van der Waals surface area contributed by atoms with Crippen LogP contribution in [0.5, 0.6) is 0 Å². The summed E-state index contributed by atoms with van der Waals surface area (Å²) in [6, 6.07) is 5.57. The summed E-state index contributed by atoms with van der Waals surface area (Å²) in [6.07, 6.45) is -0.736. The number of rotatable bonds is 1. The summed E-state index contributed by atoms with van der Waals surface area (Å²) >= 11 is 0. The molecule has 0 spiro atoms. The highest BCUT2D eigenvalue weighted by Crippen LogP contribution is 2.17. The summed E-state index contributed by atoms with van der Waals surface area (Å²) in [5.41, 5.74) is 0.643. The van der Waals surface area contributed by atoms with Crippen molar-refractivity contribution in [2.24, 2.45) is 0 Å². The Morgan fingerprint density at radius 3 is 2.75 bits per heavy atom. The fourth-order valence-corrected chi connectivity index (χ4v) is 0.990. The molecule has 62 valence electrons. The molecule has 0 aliphatic carbocycles. The van der Waals surface area contributed by atoms with E-state index >= 15 is 0 Å². The molecule has 0 saturated carbocycles. The van der Waals surface area contributed by atoms with Gasteiger partial charge in [-0.15, -0.1) is 0 Å². The third kappa shape index (κ3) is 1.60. The molecule has 0 aliphatic rings. The van der Waals surface area contributed by atoms with E-state index in [1.165, 1.54) is 19.1 Å². The van der Waals surface area contributed by atoms with Gasteiger partial charge in [-0.1, -0.05) is 6.07 Å². The van der Waals surface area contributed by atoms with Crippen molar-refractivity contribution in [1.82, 2.24) is 0 Å². The van der Waals surface area contributed by atoms with Crippen LogP contribution in [0.4, 0.5) is 4.39 Å². The Morgan fingerprint density at radius 2 is 2.25 bits per heavy atom. The summed E-state index contributed by atoms with van der Waals surface area (Å²) in [7, 11) is 0. The Labute approximate surface area is 69.9 Å². The van der Waals surface area contributed by atoms with Gasteiger partial charge < -0.3 is 5.11 Å². The standard InChI is InChI=1S/C9H8FNO/c1-6(12)9-3-2-8(10)4-7(9)5-11/h2-4,6,12H,1H3/t6-/m0/s1. The van der Waals surface area contributed by atoms with Gasteiger partial charge in [-0.25, -0.2) is 4.39 Å². The zero-order valence-corrected chi connectivity index (χ0v) is 6.58. The second-order valence-corrected chi connectivity index (χ2v) is 2.52. The van der Waals surface area contributed by atoms with Crippen molar-refractivity contribution in [2.75, 3.05) is 0 Å². The van der Waals surface area contributed by atoms with E-state index in [2.05, 4.69) is 0 Å². The molecular formula is C9H8FNO. The molecule has 0 unspecified atom stereocenters. The van der Waals surface area contributed by atoms with Gasteiger partial charge in [-0.05, 0) is 24.6 Å². The summed E-state index contributed by atoms with van der Waals surface area (Å²) < 4.78 is 12.6. The highest BCUT2D eigenvalue weighted by Gasteiger charge is 2.07. The van der Waals surface area contributed by atoms with Gasteiger partial charge in [0, 0.05) is 0 Å². The molecule has 0 fully saturated rings. The van der Waals surface area contributed by atoms with Crippen LogP contribution in [0.1, 0.15) is 24.2 Å². The highest BCUT2D eigenvalue weighted by atomic mass is 19.1. The highest BCUT2D eigenvalue weighted by molar-refractivity contribution is 5.38. The van der Waals surface area contributed by atoms with Crippen LogP contribution in [0.15, 0.2) is 18.2 Å². The number of hydrogen-bond acceptors (Lipinski definition) is 2. The molecule has 0 heterocycles. The van der Waals surface area contributed by atoms with E-state index in [4.69, 9.17) is 10.4 Å². The lowest BCUT2D eigenvalue weighted by Crippen LogP contribution is -1.95. The third-order valence-corrected chi connectivity index (χ3v) is 1.59. The maximum absolute atomic E-state index is 12.6. The minimum absolute atomic E-state index is 0.185. The van der Waals surface area contributed by atoms with Gasteiger partial charge in [-0.2, -0.15) is 5.26 Å². The fraction of sp³-hybridized carbons (Fsp3) is 0.222. The van der Waals surface area contributed by atoms with E-state index < -0.39 is 11.9 Å². The van der Waals surface area contributed by atoms with Gasteiger partial charge in [-0.3, -0.25) is 0 Å². The van der Waals surface area contributed by atoms with Crippen molar-refractivity contribution in [3.05, 3.63) is 35.1 Å². The van der Waals surface area contributed by atoms with Crippen molar-refractivity contribution >= 4 is 0 Å². The molecule has 1 aromatic rings. The Kier molecular flexibility index (Phi) is 2.41. The first-order chi connectivity index (χ1) is 5.65. The van der Waals surface area contributed by atoms with Crippen molar-refractivity contribution < 1.29 is 9.50 Å². The first kappa shape index (κ1) is 8.69. The second-order valence-electron chi connectivity index (χ2n) is 2.52. The predicted octanol–water partition coefficient (Wildman–Crippen LogP) is 1.75. The van der Waals surface area contributed by atoms with Crippen LogP contribution in [0.25, 0.3) is 0 Å². The Hall–Kier alpha value is -1.40. The van der Waals surface area contributed by atoms with Crippen LogP contribution in [-0.4, -0.2) is 5.11 Å². The van der Waals surface area contributed by atoms with Gasteiger partial charge in [0.15, 0.2) is 0 Å². The third-order valence-electron chi connectivity index (χ3n) is 1.59. The molecule has 0 amide bonds. The van der Waals surface area contributed by atoms with E-state index in [0.717, 1.165) is 6.07 Å². The molecule has 2 nitrogen and oxygen atoms in total. The molecule has 1 aromatic carbocycles. The van der Waals surface area contributed by atoms with Crippen molar-refractivity contribution in [3.63, 3.8) is 0 Å². The SMILES string of the molecule is C[C@H](O)c1ccc(F)cc1C#N. The smallest absolute Gasteiger partial charge is 0.124 e. The summed E-state index contributed by atoms with van der Waals surface area (Å²) in [4.78, 5) is 0. The van der Waals surface area contributed by atoms with Crippen LogP contribution in [0.3, 0.4) is 0 Å². The van der Waals surface area contributed by atoms with Crippen LogP contribution in [0, 0.1) is 17.1 Å². The monoisotopic (exact) mass is 165 g/mol. The van der Waals surface area contributed by atoms with E-state index in [1.807, 2.05) is 6.07 Å². The van der Waals surface area contributed by atoms with Crippen molar-refractivity contribution in [1.29, 1.82) is 5.26 Å². The maximum Gasteiger partial charge on any atom is 0.124 e. The average Bonchev–Trinajstić information content (AvgIpc) is 2.03. The minimum atomic E-state index is -0.736. The molecule has 0 saturated heterocycles. The minimum Gasteiger partial charge on any atom is -0.389 e. The molecule has 12 heavy (non-hydrogen) atoms. The zero-order chi connectivity index (χ0) is 9.14. The Balaban J connectivity index is 3.23. The number of nitriles is 1. The van der Waals surface area contributed by atoms with Gasteiger partial charge >= 0.3 is 0 Å². The van der Waals surface area contributed by atoms with E-state index in [1.54, 1.807) is 0 Å². The Morgan fingerprint density at radius 1 is 1.58 bits per heavy atom. The van der Waals surface area contributed by atoms with Gasteiger partial charge in [0.1, 0.15) is 5.82 Å². The predicted molar refractivity (Wildman–Crippen MR) is 41.7 cm³/mol. The first-order valence-corrected chi connectivity index (χ1v) is 3.52. The van der Waals surface area contributed by atoms with Crippen LogP contribution in [0.2, 0.25) is 0 Å². The molecule has 0 aromatic heterocycles. The number of benzene rings is 1. The van der Waals surface area contributed by atoms with Crippen LogP contribution >= 0.6 is 0 Å². The molecule has 3 heteroatoms. The molecule has 0 bridgehead atoms. The lowest BCUT2D eigenvalue weighted by Gasteiger charge is -2.05. The van der Waals surface area contributed by atoms with E-state index in [9.17, 15) is 4.39 Å². The van der Waals surface area contributed by atoms with Gasteiger partial charge in [0.25, 0.3) is 0 Å². The Bertz CT molecular complexity index is 328. The summed E-state index contributed by atoms with van der Waals surface area (Å²) in [5, 5.41) is 17.7. The molecule has 1 rings (SSSR count). The molecular weight excluding hydrogens is 157 g/mol. The molecule has 0 radical (unpaired) electrons. The second kappa shape index (κ2) is 3.33. The van der Waals surface area contributed by atoms with Gasteiger partial charge in [0.2, 0.25) is 0 Å². The number of aliphatic hydroxyl groups is 1. The first-order valence-electron chi connectivity index (χ1n) is 3.52. The molecule has 0 aliphatic heterocycles. The number of halogens is 1. The number of nitrogens with zero attached hydrogens (tertiary/aromatic N) is 1. The van der Waals surface area contributed by atoms with E-state index in [-0.39, 0.29) is 5.56 Å². The molecule has 1 N–H and O–H groups in total. The lowest BCUT2D eigenvalue weighted by atomic mass is 10.0. The zero-order valence-electron chi connectivity index (χ0n) is 6.58. The average molecular weight is 165 g/mol. The molecule has 1 atom stereocenters. The van der Waals surface area contributed by atoms with Crippen LogP contribution < -0.4 is 0 Å². The fourth-order valence-electron chi connectivity index (χ4n) is 0.990. The summed E-state index contributed by atoms with van der Waals surface area (Å²) in [6.45, 7) is 1.54.